The van der Waals surface area contributed by atoms with Crippen molar-refractivity contribution in [3.8, 4) is 0 Å². The fourth-order valence-electron chi connectivity index (χ4n) is 1.95. The third-order valence-electron chi connectivity index (χ3n) is 2.62. The van der Waals surface area contributed by atoms with Crippen LogP contribution < -0.4 is 0 Å². The number of allylic oxidation sites excluding steroid dienone is 5. The summed E-state index contributed by atoms with van der Waals surface area (Å²) in [4.78, 5) is 11.5. The van der Waals surface area contributed by atoms with Gasteiger partial charge in [-0.15, -0.1) is 0 Å². The van der Waals surface area contributed by atoms with Crippen LogP contribution in [0.4, 0.5) is 0 Å². The first-order valence-corrected chi connectivity index (χ1v) is 5.24. The molecule has 4 heteroatoms. The minimum Gasteiger partial charge on any atom is -0.430 e. The molecular formula is C13H11BO3. The van der Waals surface area contributed by atoms with Crippen molar-refractivity contribution in [1.29, 1.82) is 0 Å². The number of carbonyl (C=O) groups is 1. The SMILES string of the molecule is O=C1C=CC=C2C1=Cc1ccccc12.OBO. The molecule has 1 aromatic carbocycles. The lowest BCUT2D eigenvalue weighted by Crippen LogP contribution is -2.00. The van der Waals surface area contributed by atoms with Gasteiger partial charge in [-0.05, 0) is 28.9 Å². The Morgan fingerprint density at radius 1 is 1.06 bits per heavy atom. The van der Waals surface area contributed by atoms with Crippen LogP contribution in [0.3, 0.4) is 0 Å². The maximum absolute atomic E-state index is 11.5. The van der Waals surface area contributed by atoms with Crippen molar-refractivity contribution >= 4 is 25.1 Å². The zero-order chi connectivity index (χ0) is 12.3. The van der Waals surface area contributed by atoms with E-state index in [9.17, 15) is 4.79 Å². The molecule has 3 rings (SSSR count). The Labute approximate surface area is 99.7 Å². The molecule has 0 aromatic heterocycles. The van der Waals surface area contributed by atoms with E-state index >= 15 is 0 Å². The molecule has 0 unspecified atom stereocenters. The summed E-state index contributed by atoms with van der Waals surface area (Å²) in [5, 5.41) is 14.2. The van der Waals surface area contributed by atoms with E-state index in [0.29, 0.717) is 0 Å². The molecule has 2 N–H and O–H groups in total. The average molecular weight is 226 g/mol. The van der Waals surface area contributed by atoms with Gasteiger partial charge in [0.2, 0.25) is 0 Å². The van der Waals surface area contributed by atoms with Crippen molar-refractivity contribution in [2.45, 2.75) is 0 Å². The number of hydrogen-bond donors (Lipinski definition) is 2. The molecule has 1 aromatic rings. The van der Waals surface area contributed by atoms with Crippen molar-refractivity contribution in [3.05, 3.63) is 59.2 Å². The fourth-order valence-corrected chi connectivity index (χ4v) is 1.95. The number of fused-ring (bicyclic) bond motifs is 3. The fraction of sp³-hybridized carbons (Fsp3) is 0. The van der Waals surface area contributed by atoms with Gasteiger partial charge in [0.15, 0.2) is 5.78 Å². The summed E-state index contributed by atoms with van der Waals surface area (Å²) >= 11 is 0. The minimum atomic E-state index is -0.750. The molecule has 2 aliphatic rings. The Morgan fingerprint density at radius 3 is 2.53 bits per heavy atom. The lowest BCUT2D eigenvalue weighted by Gasteiger charge is -2.06. The van der Waals surface area contributed by atoms with Gasteiger partial charge in [0.1, 0.15) is 0 Å². The second-order valence-electron chi connectivity index (χ2n) is 3.59. The van der Waals surface area contributed by atoms with E-state index in [4.69, 9.17) is 10.0 Å². The molecule has 0 heterocycles. The van der Waals surface area contributed by atoms with E-state index in [2.05, 4.69) is 6.07 Å². The number of carbonyl (C=O) groups excluding carboxylic acids is 1. The predicted molar refractivity (Wildman–Crippen MR) is 68.1 cm³/mol. The Hall–Kier alpha value is -1.91. The van der Waals surface area contributed by atoms with E-state index < -0.39 is 7.69 Å². The standard InChI is InChI=1S/C13H8O.BH3O2/c14-13-7-3-6-11-10-5-2-1-4-9(10)8-12(11)13;2-1-3/h1-8H;1-3H. The van der Waals surface area contributed by atoms with Gasteiger partial charge in [-0.3, -0.25) is 4.79 Å². The Balaban J connectivity index is 0.000000329. The zero-order valence-corrected chi connectivity index (χ0v) is 9.13. The first kappa shape index (κ1) is 11.6. The Kier molecular flexibility index (Phi) is 3.37. The van der Waals surface area contributed by atoms with Gasteiger partial charge in [-0.2, -0.15) is 0 Å². The van der Waals surface area contributed by atoms with E-state index in [0.717, 1.165) is 16.7 Å². The van der Waals surface area contributed by atoms with Crippen LogP contribution in [0.15, 0.2) is 48.1 Å². The molecule has 0 aliphatic heterocycles. The lowest BCUT2D eigenvalue weighted by molar-refractivity contribution is -0.110. The van der Waals surface area contributed by atoms with Crippen molar-refractivity contribution < 1.29 is 14.8 Å². The third kappa shape index (κ3) is 2.13. The highest BCUT2D eigenvalue weighted by Gasteiger charge is 2.23. The number of ketones is 1. The first-order chi connectivity index (χ1) is 8.27. The highest BCUT2D eigenvalue weighted by Crippen LogP contribution is 2.37. The molecule has 84 valence electrons. The minimum absolute atomic E-state index is 0.110. The van der Waals surface area contributed by atoms with Gasteiger partial charge in [-0.1, -0.05) is 36.4 Å². The van der Waals surface area contributed by atoms with Crippen LogP contribution in [0.5, 0.6) is 0 Å². The zero-order valence-electron chi connectivity index (χ0n) is 9.13. The number of rotatable bonds is 0. The van der Waals surface area contributed by atoms with Crippen LogP contribution >= 0.6 is 0 Å². The molecule has 17 heavy (non-hydrogen) atoms. The van der Waals surface area contributed by atoms with Crippen LogP contribution in [0, 0.1) is 0 Å². The molecule has 0 saturated heterocycles. The maximum Gasteiger partial charge on any atom is 0.432 e. The smallest absolute Gasteiger partial charge is 0.430 e. The van der Waals surface area contributed by atoms with E-state index in [1.165, 1.54) is 5.56 Å². The normalized spacial score (nSPS) is 15.1. The van der Waals surface area contributed by atoms with Crippen LogP contribution in [0.25, 0.3) is 11.6 Å². The van der Waals surface area contributed by atoms with Crippen molar-refractivity contribution in [1.82, 2.24) is 0 Å². The average Bonchev–Trinajstić information content (AvgIpc) is 2.71. The molecule has 0 saturated carbocycles. The molecule has 0 amide bonds. The molecule has 0 atom stereocenters. The first-order valence-electron chi connectivity index (χ1n) is 5.24. The summed E-state index contributed by atoms with van der Waals surface area (Å²) in [5.74, 6) is 0.110. The summed E-state index contributed by atoms with van der Waals surface area (Å²) in [6.45, 7) is 0. The monoisotopic (exact) mass is 226 g/mol. The van der Waals surface area contributed by atoms with Crippen LogP contribution in [0.1, 0.15) is 11.1 Å². The highest BCUT2D eigenvalue weighted by molar-refractivity contribution is 6.23. The molecule has 3 nitrogen and oxygen atoms in total. The largest absolute Gasteiger partial charge is 0.432 e. The van der Waals surface area contributed by atoms with Gasteiger partial charge in [0.25, 0.3) is 0 Å². The van der Waals surface area contributed by atoms with Gasteiger partial charge in [0.05, 0.1) is 0 Å². The summed E-state index contributed by atoms with van der Waals surface area (Å²) in [6, 6.07) is 8.08. The second-order valence-corrected chi connectivity index (χ2v) is 3.59. The number of benzene rings is 1. The lowest BCUT2D eigenvalue weighted by atomic mass is 9.96. The Morgan fingerprint density at radius 2 is 1.76 bits per heavy atom. The van der Waals surface area contributed by atoms with Crippen LogP contribution in [-0.4, -0.2) is 23.5 Å². The van der Waals surface area contributed by atoms with Crippen LogP contribution in [-0.2, 0) is 4.79 Å². The number of hydrogen-bond acceptors (Lipinski definition) is 3. The van der Waals surface area contributed by atoms with E-state index in [1.54, 1.807) is 6.08 Å². The summed E-state index contributed by atoms with van der Waals surface area (Å²) in [7, 11) is -0.750. The summed E-state index contributed by atoms with van der Waals surface area (Å²) in [5.41, 5.74) is 4.20. The van der Waals surface area contributed by atoms with Crippen molar-refractivity contribution in [2.24, 2.45) is 0 Å². The molecule has 0 radical (unpaired) electrons. The van der Waals surface area contributed by atoms with Gasteiger partial charge in [-0.25, -0.2) is 0 Å². The van der Waals surface area contributed by atoms with Crippen molar-refractivity contribution in [2.75, 3.05) is 0 Å². The quantitative estimate of drug-likeness (QED) is 0.644. The summed E-state index contributed by atoms with van der Waals surface area (Å²) < 4.78 is 0. The molecule has 0 spiro atoms. The molecule has 0 bridgehead atoms. The van der Waals surface area contributed by atoms with Crippen molar-refractivity contribution in [3.63, 3.8) is 0 Å². The molecule has 0 fully saturated rings. The van der Waals surface area contributed by atoms with E-state index in [1.807, 2.05) is 36.4 Å². The van der Waals surface area contributed by atoms with Gasteiger partial charge >= 0.3 is 7.69 Å². The topological polar surface area (TPSA) is 57.5 Å². The Bertz CT molecular complexity index is 541. The molecule has 2 aliphatic carbocycles. The highest BCUT2D eigenvalue weighted by atomic mass is 16.4. The van der Waals surface area contributed by atoms with Gasteiger partial charge in [0, 0.05) is 5.57 Å². The van der Waals surface area contributed by atoms with Crippen LogP contribution in [0.2, 0.25) is 0 Å². The predicted octanol–water partition coefficient (Wildman–Crippen LogP) is 0.843. The third-order valence-corrected chi connectivity index (χ3v) is 2.62. The molecular weight excluding hydrogens is 215 g/mol. The van der Waals surface area contributed by atoms with E-state index in [-0.39, 0.29) is 5.78 Å². The summed E-state index contributed by atoms with van der Waals surface area (Å²) in [6.07, 6.45) is 7.39. The van der Waals surface area contributed by atoms with Gasteiger partial charge < -0.3 is 10.0 Å². The second kappa shape index (κ2) is 4.95. The maximum atomic E-state index is 11.5.